The Morgan fingerprint density at radius 1 is 1.20 bits per heavy atom. The Hall–Kier alpha value is -3.71. The molecule has 234 valence electrons. The number of carbonyl (C=O) groups excluding carboxylic acids is 2. The molecule has 0 saturated carbocycles. The van der Waals surface area contributed by atoms with Crippen molar-refractivity contribution >= 4 is 49.8 Å². The lowest BCUT2D eigenvalue weighted by Crippen LogP contribution is -2.48. The molecule has 4 aromatic rings. The summed E-state index contributed by atoms with van der Waals surface area (Å²) >= 11 is 1.15. The minimum absolute atomic E-state index is 0.00448. The van der Waals surface area contributed by atoms with E-state index in [-0.39, 0.29) is 54.5 Å². The maximum absolute atomic E-state index is 13.5. The number of aryl methyl sites for hydroxylation is 1. The van der Waals surface area contributed by atoms with Crippen LogP contribution in [0.15, 0.2) is 70.4 Å². The number of carbonyl (C=O) groups is 2. The molecule has 2 N–H and O–H groups in total. The van der Waals surface area contributed by atoms with Crippen LogP contribution in [0.1, 0.15) is 25.0 Å². The van der Waals surface area contributed by atoms with Gasteiger partial charge in [-0.3, -0.25) is 9.59 Å². The van der Waals surface area contributed by atoms with E-state index in [4.69, 9.17) is 4.74 Å². The number of fused-ring (bicyclic) bond motifs is 2. The van der Waals surface area contributed by atoms with E-state index in [9.17, 15) is 23.1 Å². The lowest BCUT2D eigenvalue weighted by Gasteiger charge is -2.33. The molecule has 44 heavy (non-hydrogen) atoms. The number of hydrogen-bond acceptors (Lipinski definition) is 7. The lowest BCUT2D eigenvalue weighted by atomic mass is 10.0. The first-order chi connectivity index (χ1) is 21.0. The second kappa shape index (κ2) is 13.1. The van der Waals surface area contributed by atoms with Gasteiger partial charge in [-0.25, -0.2) is 8.42 Å². The number of anilines is 1. The van der Waals surface area contributed by atoms with Crippen molar-refractivity contribution in [2.75, 3.05) is 32.1 Å². The number of sulfonamides is 1. The van der Waals surface area contributed by atoms with Gasteiger partial charge in [0.05, 0.1) is 32.0 Å². The van der Waals surface area contributed by atoms with Crippen LogP contribution in [0.4, 0.5) is 5.69 Å². The third-order valence-corrected chi connectivity index (χ3v) is 11.3. The molecule has 3 atom stereocenters. The maximum Gasteiger partial charge on any atom is 0.252 e. The number of benzene rings is 2. The second-order valence-electron chi connectivity index (χ2n) is 11.4. The van der Waals surface area contributed by atoms with E-state index in [1.54, 1.807) is 47.5 Å². The van der Waals surface area contributed by atoms with Crippen molar-refractivity contribution in [1.29, 1.82) is 0 Å². The van der Waals surface area contributed by atoms with Gasteiger partial charge in [0, 0.05) is 54.9 Å². The van der Waals surface area contributed by atoms with Gasteiger partial charge in [-0.15, -0.1) is 11.3 Å². The molecular formula is C32H38N4O6S2. The van der Waals surface area contributed by atoms with Crippen LogP contribution in [-0.2, 0) is 39.5 Å². The first-order valence-electron chi connectivity index (χ1n) is 14.5. The lowest BCUT2D eigenvalue weighted by molar-refractivity contribution is -0.134. The Labute approximate surface area is 261 Å². The summed E-state index contributed by atoms with van der Waals surface area (Å²) in [6.45, 7) is 3.80. The highest BCUT2D eigenvalue weighted by Gasteiger charge is 2.33. The molecule has 3 heterocycles. The van der Waals surface area contributed by atoms with Crippen molar-refractivity contribution < 1.29 is 27.9 Å². The van der Waals surface area contributed by atoms with Crippen LogP contribution in [0.3, 0.4) is 0 Å². The SMILES string of the molecule is C[C@@H]1CN([C@H](C)CO)C(=O)Cc2cc(NC(=O)Cc3cn(C)c4ccccc34)ccc2O[C@H]1CN(C)S(=O)(=O)c1cccs1. The first kappa shape index (κ1) is 31.7. The zero-order valence-corrected chi connectivity index (χ0v) is 26.9. The van der Waals surface area contributed by atoms with E-state index in [0.717, 1.165) is 27.8 Å². The standard InChI is InChI=1S/C32H38N4O6S2/c1-21-17-36(22(2)20-37)31(39)16-23-14-25(33-30(38)15-24-18-34(3)27-9-6-5-8-26(24)27)11-12-28(23)42-29(21)19-35(4)44(40,41)32-10-7-13-43-32/h5-14,18,21-22,29,37H,15-17,19-20H2,1-4H3,(H,33,38)/t21-,22-,29+/m1/s1. The van der Waals surface area contributed by atoms with Crippen molar-refractivity contribution in [3.05, 3.63) is 77.3 Å². The van der Waals surface area contributed by atoms with Gasteiger partial charge in [0.15, 0.2) is 0 Å². The van der Waals surface area contributed by atoms with Crippen LogP contribution < -0.4 is 10.1 Å². The van der Waals surface area contributed by atoms with Crippen LogP contribution in [0.25, 0.3) is 10.9 Å². The van der Waals surface area contributed by atoms with E-state index in [1.165, 1.54) is 11.4 Å². The number of thiophene rings is 1. The fraction of sp³-hybridized carbons (Fsp3) is 0.375. The quantitative estimate of drug-likeness (QED) is 0.287. The molecule has 0 spiro atoms. The van der Waals surface area contributed by atoms with Crippen LogP contribution in [-0.4, -0.2) is 78.0 Å². The zero-order chi connectivity index (χ0) is 31.6. The minimum Gasteiger partial charge on any atom is -0.488 e. The van der Waals surface area contributed by atoms with Gasteiger partial charge in [0.1, 0.15) is 16.1 Å². The largest absolute Gasteiger partial charge is 0.488 e. The van der Waals surface area contributed by atoms with Crippen molar-refractivity contribution in [3.63, 3.8) is 0 Å². The van der Waals surface area contributed by atoms with Crippen molar-refractivity contribution in [2.24, 2.45) is 13.0 Å². The Morgan fingerprint density at radius 2 is 1.98 bits per heavy atom. The third kappa shape index (κ3) is 6.68. The highest BCUT2D eigenvalue weighted by Crippen LogP contribution is 2.30. The Bertz CT molecular complexity index is 1750. The normalized spacial score (nSPS) is 18.3. The number of nitrogens with zero attached hydrogens (tertiary/aromatic N) is 3. The number of likely N-dealkylation sites (N-methyl/N-ethyl adjacent to an activating group) is 1. The van der Waals surface area contributed by atoms with E-state index < -0.39 is 22.2 Å². The average molecular weight is 639 g/mol. The average Bonchev–Trinajstić information content (AvgIpc) is 3.65. The molecule has 0 bridgehead atoms. The predicted molar refractivity (Wildman–Crippen MR) is 171 cm³/mol. The van der Waals surface area contributed by atoms with Gasteiger partial charge in [-0.05, 0) is 48.2 Å². The number of rotatable bonds is 9. The summed E-state index contributed by atoms with van der Waals surface area (Å²) in [5, 5.41) is 15.6. The summed E-state index contributed by atoms with van der Waals surface area (Å²) < 4.78 is 36.4. The third-order valence-electron chi connectivity index (χ3n) is 8.13. The summed E-state index contributed by atoms with van der Waals surface area (Å²) in [6.07, 6.45) is 1.53. The van der Waals surface area contributed by atoms with Crippen molar-refractivity contribution in [3.8, 4) is 5.75 Å². The maximum atomic E-state index is 13.5. The van der Waals surface area contributed by atoms with Gasteiger partial charge in [0.2, 0.25) is 11.8 Å². The number of hydrogen-bond donors (Lipinski definition) is 2. The molecule has 5 rings (SSSR count). The van der Waals surface area contributed by atoms with E-state index in [0.29, 0.717) is 17.0 Å². The summed E-state index contributed by atoms with van der Waals surface area (Å²) in [5.41, 5.74) is 3.04. The number of aromatic nitrogens is 1. The Kier molecular flexibility index (Phi) is 9.45. The summed E-state index contributed by atoms with van der Waals surface area (Å²) in [5.74, 6) is -0.204. The number of para-hydroxylation sites is 1. The molecule has 0 unspecified atom stereocenters. The second-order valence-corrected chi connectivity index (χ2v) is 14.7. The first-order valence-corrected chi connectivity index (χ1v) is 16.8. The number of aliphatic hydroxyl groups is 1. The summed E-state index contributed by atoms with van der Waals surface area (Å²) in [7, 11) is -0.260. The molecule has 0 saturated heterocycles. The minimum atomic E-state index is -3.73. The molecule has 12 heteroatoms. The fourth-order valence-electron chi connectivity index (χ4n) is 5.59. The molecule has 0 aliphatic carbocycles. The Balaban J connectivity index is 1.41. The zero-order valence-electron chi connectivity index (χ0n) is 25.3. The van der Waals surface area contributed by atoms with Crippen LogP contribution in [0.5, 0.6) is 5.75 Å². The van der Waals surface area contributed by atoms with E-state index in [2.05, 4.69) is 5.32 Å². The smallest absolute Gasteiger partial charge is 0.252 e. The summed E-state index contributed by atoms with van der Waals surface area (Å²) in [4.78, 5) is 28.3. The topological polar surface area (TPSA) is 121 Å². The number of amides is 2. The number of nitrogens with one attached hydrogen (secondary N) is 1. The highest BCUT2D eigenvalue weighted by molar-refractivity contribution is 7.91. The molecule has 10 nitrogen and oxygen atoms in total. The van der Waals surface area contributed by atoms with E-state index in [1.807, 2.05) is 49.0 Å². The predicted octanol–water partition coefficient (Wildman–Crippen LogP) is 3.89. The molecular weight excluding hydrogens is 601 g/mol. The Morgan fingerprint density at radius 3 is 2.70 bits per heavy atom. The number of ether oxygens (including phenoxy) is 1. The van der Waals surface area contributed by atoms with Gasteiger partial charge in [-0.2, -0.15) is 4.31 Å². The molecule has 1 aliphatic heterocycles. The number of aliphatic hydroxyl groups excluding tert-OH is 1. The van der Waals surface area contributed by atoms with Crippen LogP contribution in [0.2, 0.25) is 0 Å². The van der Waals surface area contributed by atoms with Crippen LogP contribution >= 0.6 is 11.3 Å². The molecule has 2 aromatic carbocycles. The molecule has 0 radical (unpaired) electrons. The summed E-state index contributed by atoms with van der Waals surface area (Å²) in [6, 6.07) is 15.9. The van der Waals surface area contributed by atoms with Crippen LogP contribution in [0, 0.1) is 5.92 Å². The van der Waals surface area contributed by atoms with Crippen molar-refractivity contribution in [2.45, 2.75) is 43.0 Å². The molecule has 1 aliphatic rings. The van der Waals surface area contributed by atoms with E-state index >= 15 is 0 Å². The molecule has 2 aromatic heterocycles. The van der Waals surface area contributed by atoms with Crippen molar-refractivity contribution in [1.82, 2.24) is 13.8 Å². The monoisotopic (exact) mass is 638 g/mol. The van der Waals surface area contributed by atoms with Gasteiger partial charge in [0.25, 0.3) is 10.0 Å². The highest BCUT2D eigenvalue weighted by atomic mass is 32.2. The van der Waals surface area contributed by atoms with Gasteiger partial charge >= 0.3 is 0 Å². The molecule has 2 amide bonds. The van der Waals surface area contributed by atoms with Gasteiger partial charge < -0.3 is 24.6 Å². The van der Waals surface area contributed by atoms with Gasteiger partial charge in [-0.1, -0.05) is 31.2 Å². The fourth-order valence-corrected chi connectivity index (χ4v) is 7.97. The molecule has 0 fully saturated rings.